The van der Waals surface area contributed by atoms with Crippen LogP contribution in [0.15, 0.2) is 82.4 Å². The number of benzene rings is 3. The number of amides is 1. The van der Waals surface area contributed by atoms with Crippen molar-refractivity contribution in [2.45, 2.75) is 13.0 Å². The Balaban J connectivity index is 1.73. The van der Waals surface area contributed by atoms with Gasteiger partial charge in [0, 0.05) is 18.7 Å². The zero-order chi connectivity index (χ0) is 24.1. The maximum absolute atomic E-state index is 13.5. The number of nitrogens with one attached hydrogen (secondary N) is 1. The van der Waals surface area contributed by atoms with Crippen LogP contribution < -0.4 is 16.6 Å². The van der Waals surface area contributed by atoms with E-state index in [0.717, 1.165) is 15.7 Å². The molecule has 174 valence electrons. The summed E-state index contributed by atoms with van der Waals surface area (Å²) in [7, 11) is 1.57. The molecule has 0 spiro atoms. The first kappa shape index (κ1) is 23.5. The molecule has 34 heavy (non-hydrogen) atoms. The van der Waals surface area contributed by atoms with E-state index in [1.54, 1.807) is 66.3 Å². The highest BCUT2D eigenvalue weighted by molar-refractivity contribution is 6.31. The fourth-order valence-corrected chi connectivity index (χ4v) is 4.00. The van der Waals surface area contributed by atoms with Crippen molar-refractivity contribution < 1.29 is 9.53 Å². The molecule has 0 saturated heterocycles. The summed E-state index contributed by atoms with van der Waals surface area (Å²) in [6.45, 7) is 1.10. The first-order chi connectivity index (χ1) is 16.5. The van der Waals surface area contributed by atoms with E-state index in [1.807, 2.05) is 18.2 Å². The second-order valence-corrected chi connectivity index (χ2v) is 8.21. The second-order valence-electron chi connectivity index (χ2n) is 7.80. The van der Waals surface area contributed by atoms with E-state index in [1.165, 1.54) is 0 Å². The highest BCUT2D eigenvalue weighted by atomic mass is 35.5. The van der Waals surface area contributed by atoms with Crippen molar-refractivity contribution >= 4 is 28.4 Å². The summed E-state index contributed by atoms with van der Waals surface area (Å²) in [5.41, 5.74) is 1.64. The Morgan fingerprint density at radius 2 is 1.68 bits per heavy atom. The molecular formula is C26H24ClN3O4. The van der Waals surface area contributed by atoms with E-state index in [2.05, 4.69) is 5.32 Å². The van der Waals surface area contributed by atoms with Crippen molar-refractivity contribution in [2.24, 2.45) is 0 Å². The van der Waals surface area contributed by atoms with Crippen LogP contribution in [0.3, 0.4) is 0 Å². The van der Waals surface area contributed by atoms with Crippen LogP contribution in [0.25, 0.3) is 16.6 Å². The Hall–Kier alpha value is -3.68. The van der Waals surface area contributed by atoms with E-state index >= 15 is 0 Å². The third-order valence-corrected chi connectivity index (χ3v) is 5.89. The Labute approximate surface area is 201 Å². The van der Waals surface area contributed by atoms with E-state index in [-0.39, 0.29) is 18.9 Å². The van der Waals surface area contributed by atoms with Crippen molar-refractivity contribution in [3.05, 3.63) is 110 Å². The van der Waals surface area contributed by atoms with Gasteiger partial charge in [-0.05, 0) is 41.5 Å². The van der Waals surface area contributed by atoms with Crippen LogP contribution in [-0.4, -0.2) is 35.3 Å². The molecule has 0 bridgehead atoms. The lowest BCUT2D eigenvalue weighted by Crippen LogP contribution is -2.39. The number of ether oxygens (including phenoxy) is 1. The van der Waals surface area contributed by atoms with Crippen LogP contribution in [0, 0.1) is 0 Å². The normalized spacial score (nSPS) is 11.0. The molecule has 0 radical (unpaired) electrons. The molecule has 0 fully saturated rings. The van der Waals surface area contributed by atoms with E-state index < -0.39 is 11.2 Å². The molecular weight excluding hydrogens is 454 g/mol. The molecule has 7 nitrogen and oxygen atoms in total. The number of nitrogens with zero attached hydrogens (tertiary/aromatic N) is 2. The van der Waals surface area contributed by atoms with Crippen molar-refractivity contribution in [2.75, 3.05) is 20.3 Å². The molecule has 8 heteroatoms. The molecule has 3 aromatic carbocycles. The number of para-hydroxylation sites is 1. The summed E-state index contributed by atoms with van der Waals surface area (Å²) >= 11 is 6.34. The molecule has 0 atom stereocenters. The van der Waals surface area contributed by atoms with Crippen LogP contribution >= 0.6 is 11.6 Å². The van der Waals surface area contributed by atoms with Gasteiger partial charge in [-0.2, -0.15) is 0 Å². The second kappa shape index (κ2) is 10.5. The number of halogens is 1. The number of hydrogen-bond donors (Lipinski definition) is 1. The predicted octanol–water partition coefficient (Wildman–Crippen LogP) is 3.16. The maximum Gasteiger partial charge on any atom is 0.336 e. The van der Waals surface area contributed by atoms with Gasteiger partial charge in [-0.3, -0.25) is 14.2 Å². The lowest BCUT2D eigenvalue weighted by Gasteiger charge is -2.15. The monoisotopic (exact) mass is 477 g/mol. The van der Waals surface area contributed by atoms with Gasteiger partial charge >= 0.3 is 5.69 Å². The molecule has 4 rings (SSSR count). The molecule has 4 aromatic rings. The van der Waals surface area contributed by atoms with Crippen molar-refractivity contribution in [3.63, 3.8) is 0 Å². The average molecular weight is 478 g/mol. The van der Waals surface area contributed by atoms with Gasteiger partial charge in [-0.15, -0.1) is 0 Å². The Morgan fingerprint density at radius 3 is 2.41 bits per heavy atom. The topological polar surface area (TPSA) is 82.3 Å². The number of fused-ring (bicyclic) bond motifs is 1. The quantitative estimate of drug-likeness (QED) is 0.395. The lowest BCUT2D eigenvalue weighted by atomic mass is 10.1. The summed E-state index contributed by atoms with van der Waals surface area (Å²) in [6.07, 6.45) is 0.188. The van der Waals surface area contributed by atoms with E-state index in [4.69, 9.17) is 16.3 Å². The standard InChI is InChI=1S/C26H24ClN3O4/c1-34-15-14-28-24(31)16-18-10-12-20(13-11-18)30-25(32)21-7-3-5-9-23(21)29(26(30)33)17-19-6-2-4-8-22(19)27/h2-13H,14-17H2,1H3,(H,28,31). The fraction of sp³-hybridized carbons (Fsp3) is 0.192. The summed E-state index contributed by atoms with van der Waals surface area (Å²) in [5, 5.41) is 3.74. The fourth-order valence-electron chi connectivity index (χ4n) is 3.80. The number of hydrogen-bond acceptors (Lipinski definition) is 4. The molecule has 0 unspecified atom stereocenters. The maximum atomic E-state index is 13.5. The van der Waals surface area contributed by atoms with Crippen molar-refractivity contribution in [1.29, 1.82) is 0 Å². The van der Waals surface area contributed by atoms with Crippen LogP contribution in [0.1, 0.15) is 11.1 Å². The molecule has 1 amide bonds. The number of methoxy groups -OCH3 is 1. The molecule has 0 saturated carbocycles. The van der Waals surface area contributed by atoms with Gasteiger partial charge in [-0.1, -0.05) is 54.1 Å². The van der Waals surface area contributed by atoms with Crippen molar-refractivity contribution in [3.8, 4) is 5.69 Å². The summed E-state index contributed by atoms with van der Waals surface area (Å²) in [6, 6.07) is 21.2. The van der Waals surface area contributed by atoms with Gasteiger partial charge < -0.3 is 10.1 Å². The van der Waals surface area contributed by atoms with Gasteiger partial charge in [0.15, 0.2) is 0 Å². The SMILES string of the molecule is COCCNC(=O)Cc1ccc(-n2c(=O)c3ccccc3n(Cc3ccccc3Cl)c2=O)cc1. The Morgan fingerprint density at radius 1 is 0.971 bits per heavy atom. The smallest absolute Gasteiger partial charge is 0.336 e. The number of aromatic nitrogens is 2. The zero-order valence-corrected chi connectivity index (χ0v) is 19.4. The molecule has 0 aliphatic carbocycles. The summed E-state index contributed by atoms with van der Waals surface area (Å²) in [5.74, 6) is -0.130. The Kier molecular flexibility index (Phi) is 7.25. The molecule has 0 aliphatic heterocycles. The molecule has 1 heterocycles. The molecule has 1 N–H and O–H groups in total. The highest BCUT2D eigenvalue weighted by Crippen LogP contribution is 2.18. The average Bonchev–Trinajstić information content (AvgIpc) is 2.84. The van der Waals surface area contributed by atoms with Crippen LogP contribution in [0.2, 0.25) is 5.02 Å². The highest BCUT2D eigenvalue weighted by Gasteiger charge is 2.15. The molecule has 1 aromatic heterocycles. The number of carbonyl (C=O) groups is 1. The van der Waals surface area contributed by atoms with Crippen LogP contribution in [0.5, 0.6) is 0 Å². The zero-order valence-electron chi connectivity index (χ0n) is 18.7. The summed E-state index contributed by atoms with van der Waals surface area (Å²) in [4.78, 5) is 38.9. The largest absolute Gasteiger partial charge is 0.383 e. The van der Waals surface area contributed by atoms with Gasteiger partial charge in [0.25, 0.3) is 5.56 Å². The minimum absolute atomic E-state index is 0.130. The van der Waals surface area contributed by atoms with Gasteiger partial charge in [0.2, 0.25) is 5.91 Å². The van der Waals surface area contributed by atoms with Crippen LogP contribution in [-0.2, 0) is 22.5 Å². The first-order valence-corrected chi connectivity index (χ1v) is 11.2. The third kappa shape index (κ3) is 4.95. The van der Waals surface area contributed by atoms with E-state index in [9.17, 15) is 14.4 Å². The Bertz CT molecular complexity index is 1440. The minimum atomic E-state index is -0.464. The van der Waals surface area contributed by atoms with E-state index in [0.29, 0.717) is 34.8 Å². The lowest BCUT2D eigenvalue weighted by molar-refractivity contribution is -0.120. The molecule has 0 aliphatic rings. The summed E-state index contributed by atoms with van der Waals surface area (Å²) < 4.78 is 7.63. The van der Waals surface area contributed by atoms with Gasteiger partial charge in [-0.25, -0.2) is 9.36 Å². The minimum Gasteiger partial charge on any atom is -0.383 e. The van der Waals surface area contributed by atoms with Gasteiger partial charge in [0.1, 0.15) is 0 Å². The first-order valence-electron chi connectivity index (χ1n) is 10.8. The van der Waals surface area contributed by atoms with Crippen molar-refractivity contribution in [1.82, 2.24) is 14.5 Å². The van der Waals surface area contributed by atoms with Crippen LogP contribution in [0.4, 0.5) is 0 Å². The predicted molar refractivity (Wildman–Crippen MR) is 133 cm³/mol. The third-order valence-electron chi connectivity index (χ3n) is 5.52. The number of rotatable bonds is 8. The van der Waals surface area contributed by atoms with Gasteiger partial charge in [0.05, 0.1) is 36.2 Å². The number of carbonyl (C=O) groups excluding carboxylic acids is 1.